The van der Waals surface area contributed by atoms with Crippen LogP contribution in [-0.2, 0) is 7.05 Å². The fourth-order valence-corrected chi connectivity index (χ4v) is 3.82. The molecule has 0 atom stereocenters. The summed E-state index contributed by atoms with van der Waals surface area (Å²) in [5.74, 6) is 2.79. The maximum Gasteiger partial charge on any atom is 0.112 e. The number of para-hydroxylation sites is 1. The average Bonchev–Trinajstić information content (AvgIpc) is 2.85. The van der Waals surface area contributed by atoms with Crippen molar-refractivity contribution < 1.29 is 0 Å². The second kappa shape index (κ2) is 6.08. The number of aryl methyl sites for hydroxylation is 1. The Labute approximate surface area is 127 Å². The molecule has 1 aromatic carbocycles. The highest BCUT2D eigenvalue weighted by Gasteiger charge is 2.25. The van der Waals surface area contributed by atoms with E-state index < -0.39 is 0 Å². The molecular weight excluding hydrogens is 258 g/mol. The highest BCUT2D eigenvalue weighted by Crippen LogP contribution is 2.38. The SMILES string of the molecule is CCCCC1CCC(c2nc3c(N)cccc3n2C)CC1. The highest BCUT2D eigenvalue weighted by molar-refractivity contribution is 5.87. The van der Waals surface area contributed by atoms with Gasteiger partial charge in [0.15, 0.2) is 0 Å². The summed E-state index contributed by atoms with van der Waals surface area (Å²) in [6.45, 7) is 2.29. The van der Waals surface area contributed by atoms with Crippen molar-refractivity contribution in [3.8, 4) is 0 Å². The summed E-state index contributed by atoms with van der Waals surface area (Å²) < 4.78 is 2.25. The van der Waals surface area contributed by atoms with Crippen molar-refractivity contribution in [1.82, 2.24) is 9.55 Å². The van der Waals surface area contributed by atoms with E-state index >= 15 is 0 Å². The zero-order chi connectivity index (χ0) is 14.8. The third kappa shape index (κ3) is 2.78. The van der Waals surface area contributed by atoms with Gasteiger partial charge in [-0.2, -0.15) is 0 Å². The van der Waals surface area contributed by atoms with Gasteiger partial charge >= 0.3 is 0 Å². The minimum atomic E-state index is 0.611. The second-order valence-corrected chi connectivity index (χ2v) is 6.60. The van der Waals surface area contributed by atoms with E-state index in [9.17, 15) is 0 Å². The molecule has 0 unspecified atom stereocenters. The minimum Gasteiger partial charge on any atom is -0.397 e. The summed E-state index contributed by atoms with van der Waals surface area (Å²) in [6.07, 6.45) is 9.42. The fraction of sp³-hybridized carbons (Fsp3) is 0.611. The molecule has 0 radical (unpaired) electrons. The minimum absolute atomic E-state index is 0.611. The molecule has 1 fully saturated rings. The molecule has 3 nitrogen and oxygen atoms in total. The zero-order valence-corrected chi connectivity index (χ0v) is 13.3. The number of benzene rings is 1. The summed E-state index contributed by atoms with van der Waals surface area (Å²) in [5.41, 5.74) is 9.01. The Bertz CT molecular complexity index is 606. The molecule has 1 heterocycles. The predicted molar refractivity (Wildman–Crippen MR) is 89.4 cm³/mol. The van der Waals surface area contributed by atoms with Gasteiger partial charge in [-0.1, -0.05) is 32.3 Å². The number of nitrogens with zero attached hydrogens (tertiary/aromatic N) is 2. The van der Waals surface area contributed by atoms with Crippen LogP contribution in [0.4, 0.5) is 5.69 Å². The molecule has 2 N–H and O–H groups in total. The van der Waals surface area contributed by atoms with Gasteiger partial charge in [0.05, 0.1) is 11.2 Å². The Morgan fingerprint density at radius 2 is 2.00 bits per heavy atom. The van der Waals surface area contributed by atoms with Gasteiger partial charge in [-0.25, -0.2) is 4.98 Å². The van der Waals surface area contributed by atoms with Gasteiger partial charge < -0.3 is 10.3 Å². The van der Waals surface area contributed by atoms with Crippen molar-refractivity contribution in [3.63, 3.8) is 0 Å². The number of rotatable bonds is 4. The van der Waals surface area contributed by atoms with Gasteiger partial charge in [-0.05, 0) is 43.7 Å². The lowest BCUT2D eigenvalue weighted by atomic mass is 9.79. The molecule has 1 aromatic heterocycles. The maximum atomic E-state index is 6.07. The molecule has 3 rings (SSSR count). The third-order valence-electron chi connectivity index (χ3n) is 5.16. The number of hydrogen-bond donors (Lipinski definition) is 1. The van der Waals surface area contributed by atoms with E-state index in [-0.39, 0.29) is 0 Å². The number of aromatic nitrogens is 2. The summed E-state index contributed by atoms with van der Waals surface area (Å²) in [7, 11) is 2.13. The number of anilines is 1. The largest absolute Gasteiger partial charge is 0.397 e. The summed E-state index contributed by atoms with van der Waals surface area (Å²) >= 11 is 0. The fourth-order valence-electron chi connectivity index (χ4n) is 3.82. The molecule has 0 spiro atoms. The first kappa shape index (κ1) is 14.4. The van der Waals surface area contributed by atoms with Gasteiger partial charge in [-0.15, -0.1) is 0 Å². The Morgan fingerprint density at radius 3 is 2.67 bits per heavy atom. The quantitative estimate of drug-likeness (QED) is 0.833. The standard InChI is InChI=1S/C18H27N3/c1-3-4-6-13-9-11-14(12-10-13)18-20-17-15(19)7-5-8-16(17)21(18)2/h5,7-8,13-14H,3-4,6,9-12,19H2,1-2H3. The van der Waals surface area contributed by atoms with Crippen LogP contribution in [0.1, 0.15) is 63.6 Å². The van der Waals surface area contributed by atoms with Crippen LogP contribution in [-0.4, -0.2) is 9.55 Å². The van der Waals surface area contributed by atoms with Crippen LogP contribution in [0.25, 0.3) is 11.0 Å². The highest BCUT2D eigenvalue weighted by atomic mass is 15.1. The van der Waals surface area contributed by atoms with Gasteiger partial charge in [0.2, 0.25) is 0 Å². The third-order valence-corrected chi connectivity index (χ3v) is 5.16. The Kier molecular flexibility index (Phi) is 4.18. The smallest absolute Gasteiger partial charge is 0.112 e. The Hall–Kier alpha value is -1.51. The zero-order valence-electron chi connectivity index (χ0n) is 13.3. The number of nitrogen functional groups attached to an aromatic ring is 1. The van der Waals surface area contributed by atoms with Gasteiger partial charge in [0.1, 0.15) is 11.3 Å². The van der Waals surface area contributed by atoms with E-state index in [2.05, 4.69) is 24.6 Å². The van der Waals surface area contributed by atoms with Crippen molar-refractivity contribution in [2.24, 2.45) is 13.0 Å². The molecule has 1 aliphatic rings. The van der Waals surface area contributed by atoms with Crippen molar-refractivity contribution in [3.05, 3.63) is 24.0 Å². The van der Waals surface area contributed by atoms with Crippen LogP contribution in [0, 0.1) is 5.92 Å². The maximum absolute atomic E-state index is 6.07. The van der Waals surface area contributed by atoms with Crippen molar-refractivity contribution in [1.29, 1.82) is 0 Å². The van der Waals surface area contributed by atoms with E-state index in [1.165, 1.54) is 50.8 Å². The molecule has 21 heavy (non-hydrogen) atoms. The lowest BCUT2D eigenvalue weighted by molar-refractivity contribution is 0.296. The van der Waals surface area contributed by atoms with Crippen LogP contribution in [0.3, 0.4) is 0 Å². The van der Waals surface area contributed by atoms with E-state index in [4.69, 9.17) is 10.7 Å². The predicted octanol–water partition coefficient (Wildman–Crippen LogP) is 4.62. The molecule has 114 valence electrons. The van der Waals surface area contributed by atoms with Crippen molar-refractivity contribution >= 4 is 16.7 Å². The molecule has 1 saturated carbocycles. The Morgan fingerprint density at radius 1 is 1.24 bits per heavy atom. The van der Waals surface area contributed by atoms with Crippen LogP contribution in [0.15, 0.2) is 18.2 Å². The normalized spacial score (nSPS) is 22.8. The van der Waals surface area contributed by atoms with E-state index in [0.717, 1.165) is 22.6 Å². The molecule has 0 aliphatic heterocycles. The molecule has 3 heteroatoms. The van der Waals surface area contributed by atoms with Gasteiger partial charge in [0.25, 0.3) is 0 Å². The number of nitrogens with two attached hydrogens (primary N) is 1. The number of imidazole rings is 1. The first-order chi connectivity index (χ1) is 10.2. The number of hydrogen-bond acceptors (Lipinski definition) is 2. The first-order valence-electron chi connectivity index (χ1n) is 8.41. The lowest BCUT2D eigenvalue weighted by Crippen LogP contribution is -2.16. The van der Waals surface area contributed by atoms with E-state index in [1.54, 1.807) is 0 Å². The van der Waals surface area contributed by atoms with Crippen LogP contribution >= 0.6 is 0 Å². The molecular formula is C18H27N3. The summed E-state index contributed by atoms with van der Waals surface area (Å²) in [4.78, 5) is 4.86. The monoisotopic (exact) mass is 285 g/mol. The van der Waals surface area contributed by atoms with Crippen LogP contribution < -0.4 is 5.73 Å². The summed E-state index contributed by atoms with van der Waals surface area (Å²) in [5, 5.41) is 0. The van der Waals surface area contributed by atoms with Crippen LogP contribution in [0.2, 0.25) is 0 Å². The molecule has 0 saturated heterocycles. The number of unbranched alkanes of at least 4 members (excludes halogenated alkanes) is 1. The van der Waals surface area contributed by atoms with E-state index in [0.29, 0.717) is 5.92 Å². The van der Waals surface area contributed by atoms with Crippen LogP contribution in [0.5, 0.6) is 0 Å². The average molecular weight is 285 g/mol. The molecule has 0 bridgehead atoms. The van der Waals surface area contributed by atoms with E-state index in [1.807, 2.05) is 12.1 Å². The van der Waals surface area contributed by atoms with Gasteiger partial charge in [-0.3, -0.25) is 0 Å². The lowest BCUT2D eigenvalue weighted by Gasteiger charge is -2.28. The molecule has 2 aromatic rings. The first-order valence-corrected chi connectivity index (χ1v) is 8.41. The molecule has 0 amide bonds. The summed E-state index contributed by atoms with van der Waals surface area (Å²) in [6, 6.07) is 6.08. The topological polar surface area (TPSA) is 43.8 Å². The Balaban J connectivity index is 1.76. The number of fused-ring (bicyclic) bond motifs is 1. The van der Waals surface area contributed by atoms with Gasteiger partial charge in [0, 0.05) is 13.0 Å². The van der Waals surface area contributed by atoms with Crippen molar-refractivity contribution in [2.75, 3.05) is 5.73 Å². The molecule has 1 aliphatic carbocycles. The second-order valence-electron chi connectivity index (χ2n) is 6.60. The van der Waals surface area contributed by atoms with Crippen molar-refractivity contribution in [2.45, 2.75) is 57.8 Å².